The van der Waals surface area contributed by atoms with Gasteiger partial charge in [-0.25, -0.2) is 0 Å². The number of hydrogen-bond acceptors (Lipinski definition) is 2. The van der Waals surface area contributed by atoms with Crippen molar-refractivity contribution < 1.29 is 0 Å². The summed E-state index contributed by atoms with van der Waals surface area (Å²) in [5, 5.41) is 4.48. The van der Waals surface area contributed by atoms with Crippen LogP contribution in [0.15, 0.2) is 12.7 Å². The minimum absolute atomic E-state index is 0.689. The Bertz CT molecular complexity index is 313. The van der Waals surface area contributed by atoms with E-state index in [0.717, 1.165) is 25.1 Å². The summed E-state index contributed by atoms with van der Waals surface area (Å²) in [6.45, 7) is 9.47. The van der Waals surface area contributed by atoms with E-state index in [2.05, 4.69) is 18.6 Å². The van der Waals surface area contributed by atoms with E-state index in [0.29, 0.717) is 6.54 Å². The topological polar surface area (TPSA) is 43.8 Å². The van der Waals surface area contributed by atoms with Gasteiger partial charge in [-0.15, -0.1) is 6.58 Å². The summed E-state index contributed by atoms with van der Waals surface area (Å²) in [5.41, 5.74) is 9.21. The number of hydrogen-bond donors (Lipinski definition) is 1. The molecule has 78 valence electrons. The molecule has 0 saturated heterocycles. The van der Waals surface area contributed by atoms with Crippen LogP contribution < -0.4 is 5.73 Å². The molecule has 0 atom stereocenters. The van der Waals surface area contributed by atoms with Crippen molar-refractivity contribution >= 4 is 0 Å². The van der Waals surface area contributed by atoms with Crippen molar-refractivity contribution in [2.24, 2.45) is 5.73 Å². The lowest BCUT2D eigenvalue weighted by Crippen LogP contribution is -2.05. The van der Waals surface area contributed by atoms with Gasteiger partial charge in [0.1, 0.15) is 0 Å². The quantitative estimate of drug-likeness (QED) is 0.721. The van der Waals surface area contributed by atoms with Crippen LogP contribution in [-0.2, 0) is 13.0 Å². The number of rotatable bonds is 5. The Hall–Kier alpha value is -1.09. The van der Waals surface area contributed by atoms with Crippen molar-refractivity contribution in [3.05, 3.63) is 29.6 Å². The smallest absolute Gasteiger partial charge is 0.0628 e. The molecule has 0 fully saturated rings. The van der Waals surface area contributed by atoms with Crippen LogP contribution in [0.5, 0.6) is 0 Å². The maximum absolute atomic E-state index is 5.55. The highest BCUT2D eigenvalue weighted by atomic mass is 15.3. The summed E-state index contributed by atoms with van der Waals surface area (Å²) in [5.74, 6) is 0. The Kier molecular flexibility index (Phi) is 3.89. The fourth-order valence-corrected chi connectivity index (χ4v) is 1.67. The second-order valence-electron chi connectivity index (χ2n) is 3.49. The maximum atomic E-state index is 5.55. The van der Waals surface area contributed by atoms with Crippen LogP contribution in [0.2, 0.25) is 0 Å². The monoisotopic (exact) mass is 193 g/mol. The number of nitrogens with zero attached hydrogens (tertiary/aromatic N) is 2. The number of aromatic nitrogens is 2. The summed E-state index contributed by atoms with van der Waals surface area (Å²) >= 11 is 0. The second kappa shape index (κ2) is 4.96. The molecule has 3 nitrogen and oxygen atoms in total. The predicted molar refractivity (Wildman–Crippen MR) is 59.3 cm³/mol. The molecule has 0 bridgehead atoms. The van der Waals surface area contributed by atoms with Crippen LogP contribution >= 0.6 is 0 Å². The standard InChI is InChI=1S/C11H19N3/c1-4-5-8-14-10(3)11(6-7-12)9(2)13-14/h4H,1,5-8,12H2,2-3H3. The van der Waals surface area contributed by atoms with Crippen LogP contribution in [0.1, 0.15) is 23.4 Å². The summed E-state index contributed by atoms with van der Waals surface area (Å²) in [6.07, 6.45) is 3.80. The molecule has 1 aromatic heterocycles. The first-order valence-corrected chi connectivity index (χ1v) is 5.04. The molecule has 3 heteroatoms. The third kappa shape index (κ3) is 2.23. The SMILES string of the molecule is C=CCCn1nc(C)c(CCN)c1C. The van der Waals surface area contributed by atoms with E-state index in [1.807, 2.05) is 17.7 Å². The fraction of sp³-hybridized carbons (Fsp3) is 0.545. The molecule has 14 heavy (non-hydrogen) atoms. The molecule has 1 rings (SSSR count). The Balaban J connectivity index is 2.85. The Labute approximate surface area is 85.6 Å². The second-order valence-corrected chi connectivity index (χ2v) is 3.49. The van der Waals surface area contributed by atoms with Crippen LogP contribution in [0.3, 0.4) is 0 Å². The van der Waals surface area contributed by atoms with Gasteiger partial charge in [0.2, 0.25) is 0 Å². The van der Waals surface area contributed by atoms with Gasteiger partial charge >= 0.3 is 0 Å². The van der Waals surface area contributed by atoms with Crippen LogP contribution in [0, 0.1) is 13.8 Å². The van der Waals surface area contributed by atoms with Gasteiger partial charge in [-0.05, 0) is 38.8 Å². The lowest BCUT2D eigenvalue weighted by atomic mass is 10.1. The first kappa shape index (κ1) is 11.0. The molecule has 0 aliphatic rings. The molecular formula is C11H19N3. The summed E-state index contributed by atoms with van der Waals surface area (Å²) in [7, 11) is 0. The van der Waals surface area contributed by atoms with Gasteiger partial charge in [-0.2, -0.15) is 5.10 Å². The highest BCUT2D eigenvalue weighted by Gasteiger charge is 2.09. The van der Waals surface area contributed by atoms with Gasteiger partial charge in [0, 0.05) is 12.2 Å². The molecule has 0 spiro atoms. The Morgan fingerprint density at radius 2 is 2.21 bits per heavy atom. The normalized spacial score (nSPS) is 10.5. The van der Waals surface area contributed by atoms with Crippen LogP contribution in [0.4, 0.5) is 0 Å². The zero-order valence-electron chi connectivity index (χ0n) is 9.08. The minimum Gasteiger partial charge on any atom is -0.330 e. The number of allylic oxidation sites excluding steroid dienone is 1. The third-order valence-corrected chi connectivity index (χ3v) is 2.47. The van der Waals surface area contributed by atoms with E-state index < -0.39 is 0 Å². The minimum atomic E-state index is 0.689. The molecule has 0 saturated carbocycles. The van der Waals surface area contributed by atoms with Crippen molar-refractivity contribution in [3.8, 4) is 0 Å². The first-order valence-electron chi connectivity index (χ1n) is 5.04. The van der Waals surface area contributed by atoms with Gasteiger partial charge in [-0.1, -0.05) is 6.08 Å². The molecule has 2 N–H and O–H groups in total. The highest BCUT2D eigenvalue weighted by Crippen LogP contribution is 2.13. The molecule has 1 aromatic rings. The van der Waals surface area contributed by atoms with Gasteiger partial charge in [0.15, 0.2) is 0 Å². The van der Waals surface area contributed by atoms with Crippen molar-refractivity contribution in [1.29, 1.82) is 0 Å². The van der Waals surface area contributed by atoms with E-state index in [4.69, 9.17) is 5.73 Å². The summed E-state index contributed by atoms with van der Waals surface area (Å²) < 4.78 is 2.04. The molecule has 0 radical (unpaired) electrons. The van der Waals surface area contributed by atoms with E-state index in [-0.39, 0.29) is 0 Å². The van der Waals surface area contributed by atoms with E-state index in [1.165, 1.54) is 11.3 Å². The Morgan fingerprint density at radius 1 is 1.50 bits per heavy atom. The van der Waals surface area contributed by atoms with Crippen molar-refractivity contribution in [1.82, 2.24) is 9.78 Å². The van der Waals surface area contributed by atoms with E-state index >= 15 is 0 Å². The fourth-order valence-electron chi connectivity index (χ4n) is 1.67. The summed E-state index contributed by atoms with van der Waals surface area (Å²) in [6, 6.07) is 0. The van der Waals surface area contributed by atoms with E-state index in [9.17, 15) is 0 Å². The zero-order chi connectivity index (χ0) is 10.6. The van der Waals surface area contributed by atoms with Gasteiger partial charge in [0.25, 0.3) is 0 Å². The first-order chi connectivity index (χ1) is 6.70. The number of aryl methyl sites for hydroxylation is 2. The third-order valence-electron chi connectivity index (χ3n) is 2.47. The molecule has 0 amide bonds. The van der Waals surface area contributed by atoms with Crippen LogP contribution in [0.25, 0.3) is 0 Å². The average molecular weight is 193 g/mol. The average Bonchev–Trinajstić information content (AvgIpc) is 2.43. The van der Waals surface area contributed by atoms with Gasteiger partial charge in [-0.3, -0.25) is 4.68 Å². The maximum Gasteiger partial charge on any atom is 0.0628 e. The molecule has 0 aromatic carbocycles. The molecule has 0 aliphatic carbocycles. The molecule has 1 heterocycles. The lowest BCUT2D eigenvalue weighted by Gasteiger charge is -2.02. The van der Waals surface area contributed by atoms with Gasteiger partial charge in [0.05, 0.1) is 5.69 Å². The summed E-state index contributed by atoms with van der Waals surface area (Å²) in [4.78, 5) is 0. The van der Waals surface area contributed by atoms with Crippen molar-refractivity contribution in [3.63, 3.8) is 0 Å². The van der Waals surface area contributed by atoms with E-state index in [1.54, 1.807) is 0 Å². The molecular weight excluding hydrogens is 174 g/mol. The van der Waals surface area contributed by atoms with Crippen LogP contribution in [-0.4, -0.2) is 16.3 Å². The largest absolute Gasteiger partial charge is 0.330 e. The number of nitrogens with two attached hydrogens (primary N) is 1. The lowest BCUT2D eigenvalue weighted by molar-refractivity contribution is 0.601. The van der Waals surface area contributed by atoms with Crippen molar-refractivity contribution in [2.45, 2.75) is 33.2 Å². The van der Waals surface area contributed by atoms with Gasteiger partial charge < -0.3 is 5.73 Å². The van der Waals surface area contributed by atoms with Crippen molar-refractivity contribution in [2.75, 3.05) is 6.54 Å². The molecule has 0 aliphatic heterocycles. The highest BCUT2D eigenvalue weighted by molar-refractivity contribution is 5.24. The predicted octanol–water partition coefficient (Wildman–Crippen LogP) is 1.58. The molecule has 0 unspecified atom stereocenters. The Morgan fingerprint density at radius 3 is 2.79 bits per heavy atom. The zero-order valence-corrected chi connectivity index (χ0v) is 9.08.